The van der Waals surface area contributed by atoms with Crippen LogP contribution in [-0.2, 0) is 11.3 Å². The Bertz CT molecular complexity index is 1060. The van der Waals surface area contributed by atoms with Gasteiger partial charge in [0.05, 0.1) is 29.4 Å². The van der Waals surface area contributed by atoms with Gasteiger partial charge >= 0.3 is 0 Å². The Hall–Kier alpha value is -3.84. The minimum atomic E-state index is -0.781. The SMILES string of the molecule is N#CCC1(N/C=C(/C(N)=O)C(N)=Nc2ccnc(F)c2)CCC(NCc2ccccn2)CC1. The van der Waals surface area contributed by atoms with Crippen LogP contribution >= 0.6 is 0 Å². The molecule has 2 heterocycles. The van der Waals surface area contributed by atoms with E-state index in [4.69, 9.17) is 11.5 Å². The number of amides is 1. The number of amidine groups is 1. The number of hydrogen-bond donors (Lipinski definition) is 4. The van der Waals surface area contributed by atoms with Crippen molar-refractivity contribution in [2.75, 3.05) is 0 Å². The molecular formula is C23H27FN8O. The van der Waals surface area contributed by atoms with Crippen molar-refractivity contribution in [2.45, 2.75) is 50.2 Å². The highest BCUT2D eigenvalue weighted by Crippen LogP contribution is 2.31. The maximum absolute atomic E-state index is 13.3. The number of nitrogens with zero attached hydrogens (tertiary/aromatic N) is 4. The van der Waals surface area contributed by atoms with Crippen molar-refractivity contribution in [1.82, 2.24) is 20.6 Å². The van der Waals surface area contributed by atoms with Gasteiger partial charge in [-0.2, -0.15) is 9.65 Å². The van der Waals surface area contributed by atoms with Gasteiger partial charge in [0.1, 0.15) is 5.84 Å². The topological polar surface area (TPSA) is 155 Å². The molecule has 10 heteroatoms. The number of carbonyl (C=O) groups is 1. The summed E-state index contributed by atoms with van der Waals surface area (Å²) in [6.45, 7) is 0.679. The third-order valence-corrected chi connectivity index (χ3v) is 5.68. The van der Waals surface area contributed by atoms with Crippen LogP contribution in [-0.4, -0.2) is 33.3 Å². The van der Waals surface area contributed by atoms with E-state index in [-0.39, 0.29) is 23.5 Å². The molecule has 9 nitrogen and oxygen atoms in total. The molecule has 0 aromatic carbocycles. The number of nitrogens with one attached hydrogen (secondary N) is 2. The van der Waals surface area contributed by atoms with Crippen molar-refractivity contribution < 1.29 is 9.18 Å². The summed E-state index contributed by atoms with van der Waals surface area (Å²) in [4.78, 5) is 23.8. The molecule has 2 aromatic heterocycles. The third-order valence-electron chi connectivity index (χ3n) is 5.68. The summed E-state index contributed by atoms with van der Waals surface area (Å²) in [5.74, 6) is -1.65. The Balaban J connectivity index is 1.67. The van der Waals surface area contributed by atoms with E-state index in [1.54, 1.807) is 6.20 Å². The van der Waals surface area contributed by atoms with Crippen LogP contribution in [0.1, 0.15) is 37.8 Å². The number of nitriles is 1. The largest absolute Gasteiger partial charge is 0.384 e. The first-order valence-corrected chi connectivity index (χ1v) is 10.6. The zero-order valence-electron chi connectivity index (χ0n) is 18.2. The Kier molecular flexibility index (Phi) is 8.05. The number of halogens is 1. The molecule has 3 rings (SSSR count). The van der Waals surface area contributed by atoms with Gasteiger partial charge in [-0.3, -0.25) is 9.78 Å². The normalized spacial score (nSPS) is 21.3. The van der Waals surface area contributed by atoms with Crippen LogP contribution in [0, 0.1) is 17.3 Å². The smallest absolute Gasteiger partial charge is 0.253 e. The summed E-state index contributed by atoms with van der Waals surface area (Å²) in [5.41, 5.74) is 12.1. The van der Waals surface area contributed by atoms with Gasteiger partial charge in [-0.05, 0) is 43.9 Å². The van der Waals surface area contributed by atoms with Crippen molar-refractivity contribution >= 4 is 17.4 Å². The van der Waals surface area contributed by atoms with Gasteiger partial charge in [-0.25, -0.2) is 9.98 Å². The molecule has 0 radical (unpaired) electrons. The fraction of sp³-hybridized carbons (Fsp3) is 0.348. The highest BCUT2D eigenvalue weighted by Gasteiger charge is 2.34. The Labute approximate surface area is 191 Å². The lowest BCUT2D eigenvalue weighted by Gasteiger charge is -2.39. The molecule has 2 aromatic rings. The van der Waals surface area contributed by atoms with E-state index in [0.717, 1.165) is 37.4 Å². The summed E-state index contributed by atoms with van der Waals surface area (Å²) >= 11 is 0. The summed E-state index contributed by atoms with van der Waals surface area (Å²) in [5, 5.41) is 16.1. The molecule has 6 N–H and O–H groups in total. The van der Waals surface area contributed by atoms with Gasteiger partial charge in [0.25, 0.3) is 5.91 Å². The number of hydrogen-bond acceptors (Lipinski definition) is 7. The quantitative estimate of drug-likeness (QED) is 0.197. The van der Waals surface area contributed by atoms with Crippen LogP contribution in [0.4, 0.5) is 10.1 Å². The average Bonchev–Trinajstić information content (AvgIpc) is 2.79. The van der Waals surface area contributed by atoms with Gasteiger partial charge in [-0.1, -0.05) is 6.07 Å². The fourth-order valence-electron chi connectivity index (χ4n) is 3.81. The van der Waals surface area contributed by atoms with Crippen molar-refractivity contribution in [3.63, 3.8) is 0 Å². The molecule has 0 saturated heterocycles. The highest BCUT2D eigenvalue weighted by atomic mass is 19.1. The van der Waals surface area contributed by atoms with Crippen molar-refractivity contribution in [3.8, 4) is 6.07 Å². The standard InChI is InChI=1S/C23H27FN8O/c24-20-13-17(6-12-29-20)32-21(26)19(22(27)33)15-31-23(9-10-25)7-4-16(5-8-23)30-14-18-3-1-2-11-28-18/h1-3,6,11-13,15-16,30-31H,4-5,7-9,14H2,(H2,27,33)(H2,26,29,32)/b19-15+. The number of nitrogens with two attached hydrogens (primary N) is 2. The van der Waals surface area contributed by atoms with Crippen LogP contribution in [0.5, 0.6) is 0 Å². The van der Waals surface area contributed by atoms with Crippen molar-refractivity contribution in [2.24, 2.45) is 16.5 Å². The van der Waals surface area contributed by atoms with E-state index in [1.165, 1.54) is 18.5 Å². The second kappa shape index (κ2) is 11.2. The summed E-state index contributed by atoms with van der Waals surface area (Å²) in [7, 11) is 0. The average molecular weight is 451 g/mol. The van der Waals surface area contributed by atoms with Gasteiger partial charge in [-0.15, -0.1) is 0 Å². The van der Waals surface area contributed by atoms with E-state index in [1.807, 2.05) is 18.2 Å². The lowest BCUT2D eigenvalue weighted by atomic mass is 9.77. The molecule has 1 saturated carbocycles. The van der Waals surface area contributed by atoms with E-state index in [9.17, 15) is 14.4 Å². The Morgan fingerprint density at radius 3 is 2.70 bits per heavy atom. The maximum atomic E-state index is 13.3. The highest BCUT2D eigenvalue weighted by molar-refractivity contribution is 6.20. The Morgan fingerprint density at radius 1 is 1.27 bits per heavy atom. The third kappa shape index (κ3) is 6.82. The molecule has 1 amide bonds. The first-order valence-electron chi connectivity index (χ1n) is 10.6. The number of aliphatic imine (C=N–C) groups is 1. The lowest BCUT2D eigenvalue weighted by Crippen LogP contribution is -2.49. The number of primary amides is 1. The molecule has 1 aliphatic carbocycles. The molecular weight excluding hydrogens is 423 g/mol. The van der Waals surface area contributed by atoms with Gasteiger partial charge < -0.3 is 22.1 Å². The molecule has 172 valence electrons. The summed E-state index contributed by atoms with van der Waals surface area (Å²) in [6, 6.07) is 10.9. The minimum absolute atomic E-state index is 0.0417. The monoisotopic (exact) mass is 450 g/mol. The van der Waals surface area contributed by atoms with E-state index < -0.39 is 17.4 Å². The zero-order chi connectivity index (χ0) is 23.7. The van der Waals surface area contributed by atoms with E-state index in [0.29, 0.717) is 12.6 Å². The van der Waals surface area contributed by atoms with Crippen molar-refractivity contribution in [1.29, 1.82) is 5.26 Å². The Morgan fingerprint density at radius 2 is 2.06 bits per heavy atom. The van der Waals surface area contributed by atoms with E-state index >= 15 is 0 Å². The van der Waals surface area contributed by atoms with Crippen molar-refractivity contribution in [3.05, 3.63) is 66.1 Å². The molecule has 1 fully saturated rings. The van der Waals surface area contributed by atoms with Gasteiger partial charge in [0.2, 0.25) is 5.95 Å². The molecule has 0 bridgehead atoms. The number of pyridine rings is 2. The van der Waals surface area contributed by atoms with Gasteiger partial charge in [0, 0.05) is 42.8 Å². The molecule has 0 unspecified atom stereocenters. The predicted molar refractivity (Wildman–Crippen MR) is 122 cm³/mol. The molecule has 0 atom stereocenters. The van der Waals surface area contributed by atoms with Crippen LogP contribution < -0.4 is 22.1 Å². The molecule has 33 heavy (non-hydrogen) atoms. The minimum Gasteiger partial charge on any atom is -0.384 e. The second-order valence-corrected chi connectivity index (χ2v) is 7.99. The first kappa shape index (κ1) is 23.8. The number of carbonyl (C=O) groups excluding carboxylic acids is 1. The first-order chi connectivity index (χ1) is 15.9. The fourth-order valence-corrected chi connectivity index (χ4v) is 3.81. The molecule has 1 aliphatic rings. The lowest BCUT2D eigenvalue weighted by molar-refractivity contribution is -0.114. The predicted octanol–water partition coefficient (Wildman–Crippen LogP) is 1.95. The summed E-state index contributed by atoms with van der Waals surface area (Å²) < 4.78 is 13.3. The number of aromatic nitrogens is 2. The number of rotatable bonds is 9. The molecule has 0 aliphatic heterocycles. The van der Waals surface area contributed by atoms with Crippen LogP contribution in [0.25, 0.3) is 0 Å². The van der Waals surface area contributed by atoms with Crippen LogP contribution in [0.15, 0.2) is 59.5 Å². The maximum Gasteiger partial charge on any atom is 0.253 e. The second-order valence-electron chi connectivity index (χ2n) is 7.99. The zero-order valence-corrected chi connectivity index (χ0v) is 18.2. The van der Waals surface area contributed by atoms with E-state index in [2.05, 4.69) is 31.7 Å². The summed E-state index contributed by atoms with van der Waals surface area (Å²) in [6.07, 6.45) is 7.82. The molecule has 0 spiro atoms. The van der Waals surface area contributed by atoms with Crippen LogP contribution in [0.2, 0.25) is 0 Å². The van der Waals surface area contributed by atoms with Gasteiger partial charge in [0.15, 0.2) is 0 Å². The van der Waals surface area contributed by atoms with Crippen LogP contribution in [0.3, 0.4) is 0 Å².